The van der Waals surface area contributed by atoms with Crippen molar-refractivity contribution in [1.29, 1.82) is 0 Å². The van der Waals surface area contributed by atoms with Crippen LogP contribution in [0.15, 0.2) is 30.6 Å². The molecule has 0 saturated heterocycles. The van der Waals surface area contributed by atoms with Crippen LogP contribution >= 0.6 is 0 Å². The van der Waals surface area contributed by atoms with Crippen LogP contribution in [0, 0.1) is 0 Å². The molecule has 1 rings (SSSR count). The molecule has 17 heavy (non-hydrogen) atoms. The van der Waals surface area contributed by atoms with Crippen molar-refractivity contribution in [2.75, 3.05) is 0 Å². The highest BCUT2D eigenvalue weighted by Gasteiger charge is 1.99. The van der Waals surface area contributed by atoms with Gasteiger partial charge in [-0.15, -0.1) is 0 Å². The SMILES string of the molecule is O=C(O)CCCCCCCC[n+]1ccccc1. The van der Waals surface area contributed by atoms with Crippen LogP contribution in [0.4, 0.5) is 0 Å². The van der Waals surface area contributed by atoms with Gasteiger partial charge >= 0.3 is 5.97 Å². The van der Waals surface area contributed by atoms with Crippen molar-refractivity contribution in [3.63, 3.8) is 0 Å². The van der Waals surface area contributed by atoms with Gasteiger partial charge in [-0.05, 0) is 12.8 Å². The summed E-state index contributed by atoms with van der Waals surface area (Å²) in [4.78, 5) is 10.3. The first-order chi connectivity index (χ1) is 8.29. The van der Waals surface area contributed by atoms with Gasteiger partial charge in [0, 0.05) is 25.0 Å². The molecule has 3 heteroatoms. The molecule has 0 aliphatic carbocycles. The quantitative estimate of drug-likeness (QED) is 0.529. The lowest BCUT2D eigenvalue weighted by molar-refractivity contribution is -0.697. The number of pyridine rings is 1. The lowest BCUT2D eigenvalue weighted by Gasteiger charge is -1.99. The Morgan fingerprint density at radius 2 is 1.47 bits per heavy atom. The van der Waals surface area contributed by atoms with Crippen molar-refractivity contribution in [2.45, 2.75) is 51.5 Å². The molecule has 94 valence electrons. The summed E-state index contributed by atoms with van der Waals surface area (Å²) in [5, 5.41) is 8.48. The predicted octanol–water partition coefficient (Wildman–Crippen LogP) is 2.79. The number of carbonyl (C=O) groups is 1. The highest BCUT2D eigenvalue weighted by Crippen LogP contribution is 2.07. The van der Waals surface area contributed by atoms with Crippen molar-refractivity contribution in [3.8, 4) is 0 Å². The van der Waals surface area contributed by atoms with Gasteiger partial charge in [-0.3, -0.25) is 4.79 Å². The van der Waals surface area contributed by atoms with Crippen molar-refractivity contribution in [1.82, 2.24) is 0 Å². The fourth-order valence-corrected chi connectivity index (χ4v) is 1.86. The minimum atomic E-state index is -0.675. The van der Waals surface area contributed by atoms with Crippen LogP contribution in [-0.4, -0.2) is 11.1 Å². The fourth-order valence-electron chi connectivity index (χ4n) is 1.86. The van der Waals surface area contributed by atoms with Gasteiger partial charge in [-0.1, -0.05) is 25.3 Å². The van der Waals surface area contributed by atoms with E-state index in [2.05, 4.69) is 17.0 Å². The molecule has 0 aromatic carbocycles. The number of aryl methyl sites for hydroxylation is 1. The van der Waals surface area contributed by atoms with Gasteiger partial charge in [0.15, 0.2) is 12.4 Å². The second kappa shape index (κ2) is 8.74. The summed E-state index contributed by atoms with van der Waals surface area (Å²) in [5.41, 5.74) is 0. The van der Waals surface area contributed by atoms with Gasteiger partial charge in [0.05, 0.1) is 0 Å². The van der Waals surface area contributed by atoms with Crippen molar-refractivity contribution >= 4 is 5.97 Å². The molecule has 3 nitrogen and oxygen atoms in total. The summed E-state index contributed by atoms with van der Waals surface area (Å²) in [7, 11) is 0. The Balaban J connectivity index is 1.90. The molecule has 0 aliphatic heterocycles. The highest BCUT2D eigenvalue weighted by atomic mass is 16.4. The zero-order chi connectivity index (χ0) is 12.3. The second-order valence-electron chi connectivity index (χ2n) is 4.38. The van der Waals surface area contributed by atoms with Crippen molar-refractivity contribution in [3.05, 3.63) is 30.6 Å². The number of rotatable bonds is 9. The maximum atomic E-state index is 10.3. The number of carboxylic acid groups (broad SMARTS) is 1. The van der Waals surface area contributed by atoms with Crippen LogP contribution in [0.5, 0.6) is 0 Å². The van der Waals surface area contributed by atoms with E-state index in [0.29, 0.717) is 6.42 Å². The third kappa shape index (κ3) is 7.50. The van der Waals surface area contributed by atoms with Gasteiger partial charge < -0.3 is 5.11 Å². The molecule has 0 saturated carbocycles. The third-order valence-electron chi connectivity index (χ3n) is 2.83. The third-order valence-corrected chi connectivity index (χ3v) is 2.83. The van der Waals surface area contributed by atoms with Crippen molar-refractivity contribution < 1.29 is 14.5 Å². The summed E-state index contributed by atoms with van der Waals surface area (Å²) < 4.78 is 2.20. The summed E-state index contributed by atoms with van der Waals surface area (Å²) in [6.45, 7) is 1.08. The molecule has 1 aromatic rings. The molecule has 1 aromatic heterocycles. The van der Waals surface area contributed by atoms with Crippen LogP contribution in [-0.2, 0) is 11.3 Å². The van der Waals surface area contributed by atoms with E-state index in [0.717, 1.165) is 25.8 Å². The zero-order valence-corrected chi connectivity index (χ0v) is 10.3. The number of hydrogen-bond acceptors (Lipinski definition) is 1. The molecular formula is C14H22NO2+. The van der Waals surface area contributed by atoms with Crippen LogP contribution < -0.4 is 4.57 Å². The number of hydrogen-bond donors (Lipinski definition) is 1. The molecule has 1 N–H and O–H groups in total. The highest BCUT2D eigenvalue weighted by molar-refractivity contribution is 5.66. The molecule has 0 unspecified atom stereocenters. The molecule has 0 amide bonds. The maximum Gasteiger partial charge on any atom is 0.303 e. The normalized spacial score (nSPS) is 10.4. The Morgan fingerprint density at radius 3 is 2.12 bits per heavy atom. The Morgan fingerprint density at radius 1 is 0.882 bits per heavy atom. The molecular weight excluding hydrogens is 214 g/mol. The first kappa shape index (κ1) is 13.7. The van der Waals surface area contributed by atoms with Gasteiger partial charge in [0.2, 0.25) is 0 Å². The Kier molecular flexibility index (Phi) is 7.03. The van der Waals surface area contributed by atoms with Gasteiger partial charge in [-0.2, -0.15) is 0 Å². The first-order valence-electron chi connectivity index (χ1n) is 6.45. The monoisotopic (exact) mass is 236 g/mol. The Hall–Kier alpha value is -1.38. The van der Waals surface area contributed by atoms with E-state index >= 15 is 0 Å². The summed E-state index contributed by atoms with van der Waals surface area (Å²) in [6, 6.07) is 6.12. The number of aliphatic carboxylic acids is 1. The number of aromatic nitrogens is 1. The zero-order valence-electron chi connectivity index (χ0n) is 10.3. The first-order valence-corrected chi connectivity index (χ1v) is 6.45. The van der Waals surface area contributed by atoms with Crippen LogP contribution in [0.1, 0.15) is 44.9 Å². The minimum Gasteiger partial charge on any atom is -0.481 e. The van der Waals surface area contributed by atoms with E-state index in [-0.39, 0.29) is 0 Å². The number of carboxylic acids is 1. The van der Waals surface area contributed by atoms with Gasteiger partial charge in [0.1, 0.15) is 6.54 Å². The average molecular weight is 236 g/mol. The van der Waals surface area contributed by atoms with Crippen LogP contribution in [0.2, 0.25) is 0 Å². The van der Waals surface area contributed by atoms with Gasteiger partial charge in [0.25, 0.3) is 0 Å². The molecule has 0 radical (unpaired) electrons. The smallest absolute Gasteiger partial charge is 0.303 e. The lowest BCUT2D eigenvalue weighted by atomic mass is 10.1. The maximum absolute atomic E-state index is 10.3. The van der Waals surface area contributed by atoms with Crippen LogP contribution in [0.25, 0.3) is 0 Å². The van der Waals surface area contributed by atoms with E-state index in [9.17, 15) is 4.79 Å². The molecule has 0 spiro atoms. The van der Waals surface area contributed by atoms with E-state index in [1.165, 1.54) is 19.3 Å². The van der Waals surface area contributed by atoms with E-state index in [1.54, 1.807) is 0 Å². The Bertz CT molecular complexity index is 311. The summed E-state index contributed by atoms with van der Waals surface area (Å²) in [5.74, 6) is -0.675. The summed E-state index contributed by atoms with van der Waals surface area (Å²) in [6.07, 6.45) is 11.2. The predicted molar refractivity (Wildman–Crippen MR) is 66.6 cm³/mol. The van der Waals surface area contributed by atoms with Gasteiger partial charge in [-0.25, -0.2) is 4.57 Å². The number of nitrogens with zero attached hydrogens (tertiary/aromatic N) is 1. The molecule has 0 bridgehead atoms. The Labute approximate surface area is 103 Å². The van der Waals surface area contributed by atoms with E-state index < -0.39 is 5.97 Å². The van der Waals surface area contributed by atoms with E-state index in [1.807, 2.05) is 18.2 Å². The minimum absolute atomic E-state index is 0.319. The molecule has 0 fully saturated rings. The molecule has 0 aliphatic rings. The fraction of sp³-hybridized carbons (Fsp3) is 0.571. The van der Waals surface area contributed by atoms with Crippen molar-refractivity contribution in [2.24, 2.45) is 0 Å². The standard InChI is InChI=1S/C14H21NO2/c16-14(17)10-6-3-1-2-4-7-11-15-12-8-5-9-13-15/h5,8-9,12-13H,1-4,6-7,10-11H2/p+1. The van der Waals surface area contributed by atoms with Crippen LogP contribution in [0.3, 0.4) is 0 Å². The lowest BCUT2D eigenvalue weighted by Crippen LogP contribution is -2.32. The largest absolute Gasteiger partial charge is 0.481 e. The average Bonchev–Trinajstić information content (AvgIpc) is 2.33. The molecule has 1 heterocycles. The topological polar surface area (TPSA) is 41.2 Å². The summed E-state index contributed by atoms with van der Waals surface area (Å²) >= 11 is 0. The molecule has 0 atom stereocenters. The van der Waals surface area contributed by atoms with E-state index in [4.69, 9.17) is 5.11 Å². The number of unbranched alkanes of at least 4 members (excludes halogenated alkanes) is 5. The second-order valence-corrected chi connectivity index (χ2v) is 4.38.